The molecule has 0 aliphatic carbocycles. The predicted molar refractivity (Wildman–Crippen MR) is 45.1 cm³/mol. The first kappa shape index (κ1) is 8.61. The molecule has 0 spiro atoms. The van der Waals surface area contributed by atoms with Crippen molar-refractivity contribution in [2.24, 2.45) is 5.11 Å². The van der Waals surface area contributed by atoms with Crippen LogP contribution in [0.25, 0.3) is 10.4 Å². The van der Waals surface area contributed by atoms with Crippen LogP contribution in [0.2, 0.25) is 0 Å². The van der Waals surface area contributed by atoms with E-state index in [9.17, 15) is 0 Å². The highest BCUT2D eigenvalue weighted by molar-refractivity contribution is 6.58. The summed E-state index contributed by atoms with van der Waals surface area (Å²) < 4.78 is 0. The minimum absolute atomic E-state index is 0.305. The van der Waals surface area contributed by atoms with Gasteiger partial charge >= 0.3 is 7.12 Å². The Morgan fingerprint density at radius 3 is 2.75 bits per heavy atom. The van der Waals surface area contributed by atoms with Gasteiger partial charge in [-0.1, -0.05) is 29.4 Å². The molecule has 5 nitrogen and oxygen atoms in total. The average Bonchev–Trinajstić information content (AvgIpc) is 2.05. The van der Waals surface area contributed by atoms with E-state index < -0.39 is 7.12 Å². The lowest BCUT2D eigenvalue weighted by atomic mass is 9.80. The SMILES string of the molecule is [N-]=[N+]=Nc1cccc(B(O)O)c1. The van der Waals surface area contributed by atoms with Gasteiger partial charge in [0.1, 0.15) is 0 Å². The zero-order valence-electron chi connectivity index (χ0n) is 6.12. The van der Waals surface area contributed by atoms with Gasteiger partial charge in [0, 0.05) is 10.6 Å². The third kappa shape index (κ3) is 2.00. The summed E-state index contributed by atoms with van der Waals surface area (Å²) in [6, 6.07) is 6.09. The van der Waals surface area contributed by atoms with Crippen LogP contribution in [0.3, 0.4) is 0 Å². The topological polar surface area (TPSA) is 89.2 Å². The Kier molecular flexibility index (Phi) is 2.71. The van der Waals surface area contributed by atoms with Crippen molar-refractivity contribution in [2.75, 3.05) is 0 Å². The van der Waals surface area contributed by atoms with Crippen molar-refractivity contribution in [3.8, 4) is 0 Å². The van der Waals surface area contributed by atoms with Gasteiger partial charge in [-0.2, -0.15) is 0 Å². The zero-order valence-corrected chi connectivity index (χ0v) is 6.12. The second-order valence-corrected chi connectivity index (χ2v) is 2.16. The Balaban J connectivity index is 3.03. The molecule has 0 aromatic heterocycles. The Labute approximate surface area is 69.0 Å². The molecule has 1 aromatic carbocycles. The van der Waals surface area contributed by atoms with Crippen molar-refractivity contribution in [1.82, 2.24) is 0 Å². The third-order valence-corrected chi connectivity index (χ3v) is 1.33. The van der Waals surface area contributed by atoms with Gasteiger partial charge in [0.25, 0.3) is 0 Å². The minimum atomic E-state index is -1.53. The van der Waals surface area contributed by atoms with Crippen LogP contribution in [0.5, 0.6) is 0 Å². The maximum absolute atomic E-state index is 8.74. The van der Waals surface area contributed by atoms with Gasteiger partial charge in [-0.25, -0.2) is 0 Å². The molecule has 60 valence electrons. The summed E-state index contributed by atoms with van der Waals surface area (Å²) >= 11 is 0. The van der Waals surface area contributed by atoms with Crippen molar-refractivity contribution in [2.45, 2.75) is 0 Å². The Bertz CT molecular complexity index is 322. The highest BCUT2D eigenvalue weighted by Gasteiger charge is 2.09. The monoisotopic (exact) mass is 163 g/mol. The van der Waals surface area contributed by atoms with Gasteiger partial charge in [0.2, 0.25) is 0 Å². The molecule has 0 bridgehead atoms. The third-order valence-electron chi connectivity index (χ3n) is 1.33. The van der Waals surface area contributed by atoms with E-state index in [1.54, 1.807) is 12.1 Å². The van der Waals surface area contributed by atoms with E-state index >= 15 is 0 Å². The molecule has 0 fully saturated rings. The van der Waals surface area contributed by atoms with Crippen molar-refractivity contribution in [3.05, 3.63) is 34.7 Å². The van der Waals surface area contributed by atoms with Crippen LogP contribution in [0.1, 0.15) is 0 Å². The molecule has 0 aliphatic rings. The van der Waals surface area contributed by atoms with E-state index in [4.69, 9.17) is 15.6 Å². The quantitative estimate of drug-likeness (QED) is 0.284. The molecule has 1 rings (SSSR count). The van der Waals surface area contributed by atoms with Gasteiger partial charge in [-0.05, 0) is 11.0 Å². The fourth-order valence-electron chi connectivity index (χ4n) is 0.799. The highest BCUT2D eigenvalue weighted by Crippen LogP contribution is 2.08. The van der Waals surface area contributed by atoms with Gasteiger partial charge in [0.05, 0.1) is 0 Å². The number of azide groups is 1. The number of rotatable bonds is 2. The molecule has 0 saturated carbocycles. The van der Waals surface area contributed by atoms with Crippen LogP contribution in [0.4, 0.5) is 5.69 Å². The van der Waals surface area contributed by atoms with E-state index in [0.29, 0.717) is 11.2 Å². The molecule has 0 unspecified atom stereocenters. The van der Waals surface area contributed by atoms with Gasteiger partial charge in [-0.15, -0.1) is 0 Å². The summed E-state index contributed by atoms with van der Waals surface area (Å²) in [6.07, 6.45) is 0. The lowest BCUT2D eigenvalue weighted by Crippen LogP contribution is -2.29. The maximum Gasteiger partial charge on any atom is 0.488 e. The summed E-state index contributed by atoms with van der Waals surface area (Å²) in [7, 11) is -1.53. The molecule has 0 atom stereocenters. The van der Waals surface area contributed by atoms with E-state index in [1.807, 2.05) is 0 Å². The highest BCUT2D eigenvalue weighted by atomic mass is 16.4. The lowest BCUT2D eigenvalue weighted by molar-refractivity contribution is 0.426. The molecule has 0 saturated heterocycles. The molecule has 12 heavy (non-hydrogen) atoms. The first-order valence-corrected chi connectivity index (χ1v) is 3.25. The Hall–Kier alpha value is -1.49. The van der Waals surface area contributed by atoms with Crippen LogP contribution in [-0.2, 0) is 0 Å². The molecule has 0 radical (unpaired) electrons. The normalized spacial score (nSPS) is 8.83. The molecular weight excluding hydrogens is 157 g/mol. The molecule has 0 heterocycles. The molecule has 0 aliphatic heterocycles. The zero-order chi connectivity index (χ0) is 8.97. The summed E-state index contributed by atoms with van der Waals surface area (Å²) in [4.78, 5) is 2.57. The fourth-order valence-corrected chi connectivity index (χ4v) is 0.799. The van der Waals surface area contributed by atoms with Crippen LogP contribution in [0.15, 0.2) is 29.4 Å². The first-order chi connectivity index (χ1) is 5.74. The summed E-state index contributed by atoms with van der Waals surface area (Å²) in [5.41, 5.74) is 8.75. The number of hydrogen-bond donors (Lipinski definition) is 2. The average molecular weight is 163 g/mol. The summed E-state index contributed by atoms with van der Waals surface area (Å²) in [6.45, 7) is 0. The van der Waals surface area contributed by atoms with Crippen LogP contribution in [-0.4, -0.2) is 17.2 Å². The van der Waals surface area contributed by atoms with E-state index in [1.165, 1.54) is 12.1 Å². The van der Waals surface area contributed by atoms with Crippen LogP contribution >= 0.6 is 0 Å². The predicted octanol–water partition coefficient (Wildman–Crippen LogP) is 0.308. The van der Waals surface area contributed by atoms with Gasteiger partial charge in [0.15, 0.2) is 0 Å². The van der Waals surface area contributed by atoms with Crippen LogP contribution in [0, 0.1) is 0 Å². The van der Waals surface area contributed by atoms with E-state index in [2.05, 4.69) is 10.0 Å². The number of benzene rings is 1. The second-order valence-electron chi connectivity index (χ2n) is 2.16. The largest absolute Gasteiger partial charge is 0.488 e. The number of nitrogens with zero attached hydrogens (tertiary/aromatic N) is 3. The Morgan fingerprint density at radius 1 is 1.42 bits per heavy atom. The fraction of sp³-hybridized carbons (Fsp3) is 0. The molecule has 1 aromatic rings. The smallest absolute Gasteiger partial charge is 0.423 e. The maximum atomic E-state index is 8.74. The molecule has 6 heteroatoms. The van der Waals surface area contributed by atoms with Gasteiger partial charge < -0.3 is 10.0 Å². The van der Waals surface area contributed by atoms with E-state index in [0.717, 1.165) is 0 Å². The van der Waals surface area contributed by atoms with Crippen molar-refractivity contribution in [1.29, 1.82) is 0 Å². The van der Waals surface area contributed by atoms with Crippen molar-refractivity contribution >= 4 is 18.3 Å². The first-order valence-electron chi connectivity index (χ1n) is 3.25. The van der Waals surface area contributed by atoms with Crippen LogP contribution < -0.4 is 5.46 Å². The molecule has 0 amide bonds. The van der Waals surface area contributed by atoms with Gasteiger partial charge in [-0.3, -0.25) is 0 Å². The summed E-state index contributed by atoms with van der Waals surface area (Å²) in [5, 5.41) is 20.8. The van der Waals surface area contributed by atoms with Crippen molar-refractivity contribution < 1.29 is 10.0 Å². The standard InChI is InChI=1S/C6H6BN3O2/c8-10-9-6-3-1-2-5(4-6)7(11)12/h1-4,11-12H. The van der Waals surface area contributed by atoms with Crippen molar-refractivity contribution in [3.63, 3.8) is 0 Å². The lowest BCUT2D eigenvalue weighted by Gasteiger charge is -1.98. The Morgan fingerprint density at radius 2 is 2.17 bits per heavy atom. The second kappa shape index (κ2) is 3.78. The molecular formula is C6H6BN3O2. The number of hydrogen-bond acceptors (Lipinski definition) is 3. The summed E-state index contributed by atoms with van der Waals surface area (Å²) in [5.74, 6) is 0. The van der Waals surface area contributed by atoms with E-state index in [-0.39, 0.29) is 0 Å². The minimum Gasteiger partial charge on any atom is -0.423 e. The molecule has 2 N–H and O–H groups in total.